The van der Waals surface area contributed by atoms with Gasteiger partial charge in [-0.3, -0.25) is 14.5 Å². The Bertz CT molecular complexity index is 1040. The van der Waals surface area contributed by atoms with Crippen molar-refractivity contribution in [3.05, 3.63) is 54.6 Å². The van der Waals surface area contributed by atoms with Crippen molar-refractivity contribution in [2.45, 2.75) is 37.4 Å². The van der Waals surface area contributed by atoms with Crippen molar-refractivity contribution in [2.24, 2.45) is 0 Å². The molecule has 160 valence electrons. The van der Waals surface area contributed by atoms with Crippen molar-refractivity contribution >= 4 is 29.5 Å². The highest BCUT2D eigenvalue weighted by Gasteiger charge is 2.24. The number of benzene rings is 1. The predicted octanol–water partition coefficient (Wildman–Crippen LogP) is 4.30. The summed E-state index contributed by atoms with van der Waals surface area (Å²) < 4.78 is 8.31. The molecule has 1 fully saturated rings. The summed E-state index contributed by atoms with van der Waals surface area (Å²) in [5, 5.41) is 3.63. The second-order valence-corrected chi connectivity index (χ2v) is 8.30. The number of methoxy groups -OCH3 is 1. The molecule has 2 aromatic heterocycles. The summed E-state index contributed by atoms with van der Waals surface area (Å²) in [5.74, 6) is 0.536. The van der Waals surface area contributed by atoms with Gasteiger partial charge in [-0.05, 0) is 49.4 Å². The first-order valence-corrected chi connectivity index (χ1v) is 11.1. The lowest BCUT2D eigenvalue weighted by Gasteiger charge is -2.15. The topological polar surface area (TPSA) is 102 Å². The highest BCUT2D eigenvalue weighted by Crippen LogP contribution is 2.34. The average Bonchev–Trinajstić information content (AvgIpc) is 3.64. The monoisotopic (exact) mass is 436 g/mol. The molecule has 1 unspecified atom stereocenters. The van der Waals surface area contributed by atoms with Crippen LogP contribution in [0.15, 0.2) is 48.9 Å². The summed E-state index contributed by atoms with van der Waals surface area (Å²) in [7, 11) is 1.55. The van der Waals surface area contributed by atoms with Gasteiger partial charge in [0.1, 0.15) is 0 Å². The van der Waals surface area contributed by atoms with Gasteiger partial charge in [0.15, 0.2) is 0 Å². The number of nitrogens with one attached hydrogen (secondary N) is 2. The Kier molecular flexibility index (Phi) is 6.61. The van der Waals surface area contributed by atoms with Crippen LogP contribution in [0.5, 0.6) is 5.88 Å². The Labute approximate surface area is 185 Å². The van der Waals surface area contributed by atoms with Crippen molar-refractivity contribution in [1.82, 2.24) is 19.9 Å². The summed E-state index contributed by atoms with van der Waals surface area (Å²) in [6, 6.07) is 9.27. The van der Waals surface area contributed by atoms with E-state index in [9.17, 15) is 4.79 Å². The molecule has 4 rings (SSSR count). The standard InChI is InChI=1S/C22H24N6O2S/c1-3-17(18-10-11-24-22(27-18)28-31-16-8-9-16)21(29)25-15-6-4-14(5-7-15)19-12-23-13-20(26-19)30-2/h4-7,10-13,16-17H,3,8-9H2,1-2H3,(H,25,29)(H,24,27,28). The molecule has 1 saturated carbocycles. The van der Waals surface area contributed by atoms with E-state index in [1.54, 1.807) is 43.7 Å². The second kappa shape index (κ2) is 9.74. The highest BCUT2D eigenvalue weighted by molar-refractivity contribution is 8.01. The Morgan fingerprint density at radius 2 is 2.00 bits per heavy atom. The average molecular weight is 437 g/mol. The van der Waals surface area contributed by atoms with Crippen LogP contribution >= 0.6 is 11.9 Å². The quantitative estimate of drug-likeness (QED) is 0.479. The van der Waals surface area contributed by atoms with Gasteiger partial charge in [-0.25, -0.2) is 15.0 Å². The predicted molar refractivity (Wildman–Crippen MR) is 122 cm³/mol. The molecule has 1 amide bonds. The van der Waals surface area contributed by atoms with Crippen LogP contribution in [-0.4, -0.2) is 38.2 Å². The molecule has 9 heteroatoms. The molecule has 2 heterocycles. The van der Waals surface area contributed by atoms with E-state index in [1.165, 1.54) is 12.8 Å². The Hall–Kier alpha value is -3.20. The van der Waals surface area contributed by atoms with Crippen LogP contribution in [0.4, 0.5) is 11.6 Å². The maximum Gasteiger partial charge on any atom is 0.233 e. The first kappa shape index (κ1) is 21.0. The van der Waals surface area contributed by atoms with Gasteiger partial charge >= 0.3 is 0 Å². The lowest BCUT2D eigenvalue weighted by Crippen LogP contribution is -2.21. The zero-order valence-corrected chi connectivity index (χ0v) is 18.2. The number of hydrogen-bond donors (Lipinski definition) is 2. The van der Waals surface area contributed by atoms with E-state index in [-0.39, 0.29) is 11.8 Å². The number of nitrogens with zero attached hydrogens (tertiary/aromatic N) is 4. The molecule has 0 radical (unpaired) electrons. The van der Waals surface area contributed by atoms with Crippen LogP contribution in [0.2, 0.25) is 0 Å². The van der Waals surface area contributed by atoms with Crippen LogP contribution in [0.3, 0.4) is 0 Å². The van der Waals surface area contributed by atoms with E-state index in [0.717, 1.165) is 5.56 Å². The summed E-state index contributed by atoms with van der Waals surface area (Å²) >= 11 is 1.64. The van der Waals surface area contributed by atoms with Crippen LogP contribution in [0.1, 0.15) is 37.8 Å². The Morgan fingerprint density at radius 3 is 2.71 bits per heavy atom. The maximum atomic E-state index is 12.9. The molecular weight excluding hydrogens is 412 g/mol. The van der Waals surface area contributed by atoms with E-state index in [2.05, 4.69) is 30.0 Å². The minimum Gasteiger partial charge on any atom is -0.480 e. The smallest absolute Gasteiger partial charge is 0.233 e. The second-order valence-electron chi connectivity index (χ2n) is 7.20. The fourth-order valence-corrected chi connectivity index (χ4v) is 3.75. The number of ether oxygens (including phenoxy) is 1. The number of carbonyl (C=O) groups is 1. The van der Waals surface area contributed by atoms with Crippen molar-refractivity contribution in [3.8, 4) is 17.1 Å². The number of carbonyl (C=O) groups excluding carboxylic acids is 1. The van der Waals surface area contributed by atoms with Crippen molar-refractivity contribution in [3.63, 3.8) is 0 Å². The fourth-order valence-electron chi connectivity index (χ4n) is 3.01. The van der Waals surface area contributed by atoms with E-state index >= 15 is 0 Å². The normalized spacial score (nSPS) is 14.0. The van der Waals surface area contributed by atoms with Crippen molar-refractivity contribution in [1.29, 1.82) is 0 Å². The summed E-state index contributed by atoms with van der Waals surface area (Å²) in [6.07, 6.45) is 8.00. The van der Waals surface area contributed by atoms with Gasteiger partial charge in [0.2, 0.25) is 17.7 Å². The first-order chi connectivity index (χ1) is 15.2. The molecular formula is C22H24N6O2S. The van der Waals surface area contributed by atoms with E-state index in [1.807, 2.05) is 31.2 Å². The van der Waals surface area contributed by atoms with Gasteiger partial charge in [0.25, 0.3) is 0 Å². The number of rotatable bonds is 9. The molecule has 1 aliphatic carbocycles. The van der Waals surface area contributed by atoms with Gasteiger partial charge in [-0.1, -0.05) is 19.1 Å². The molecule has 0 bridgehead atoms. The van der Waals surface area contributed by atoms with Crippen molar-refractivity contribution in [2.75, 3.05) is 17.1 Å². The zero-order chi connectivity index (χ0) is 21.6. The molecule has 1 atom stereocenters. The fraction of sp³-hybridized carbons (Fsp3) is 0.318. The third-order valence-corrected chi connectivity index (χ3v) is 5.98. The molecule has 2 N–H and O–H groups in total. The lowest BCUT2D eigenvalue weighted by atomic mass is 10.0. The molecule has 1 aromatic carbocycles. The van der Waals surface area contributed by atoms with Gasteiger partial charge in [-0.15, -0.1) is 0 Å². The summed E-state index contributed by atoms with van der Waals surface area (Å²) in [5.41, 5.74) is 3.00. The van der Waals surface area contributed by atoms with Gasteiger partial charge in [0, 0.05) is 22.7 Å². The van der Waals surface area contributed by atoms with Crippen LogP contribution in [0.25, 0.3) is 11.3 Å². The molecule has 31 heavy (non-hydrogen) atoms. The minimum absolute atomic E-state index is 0.101. The van der Waals surface area contributed by atoms with Gasteiger partial charge in [-0.2, -0.15) is 0 Å². The molecule has 0 aliphatic heterocycles. The molecule has 1 aliphatic rings. The molecule has 8 nitrogen and oxygen atoms in total. The molecule has 0 spiro atoms. The lowest BCUT2D eigenvalue weighted by molar-refractivity contribution is -0.117. The van der Waals surface area contributed by atoms with Crippen molar-refractivity contribution < 1.29 is 9.53 Å². The largest absolute Gasteiger partial charge is 0.480 e. The van der Waals surface area contributed by atoms with E-state index in [4.69, 9.17) is 4.74 Å². The first-order valence-electron chi connectivity index (χ1n) is 10.2. The highest BCUT2D eigenvalue weighted by atomic mass is 32.2. The molecule has 3 aromatic rings. The number of anilines is 2. The zero-order valence-electron chi connectivity index (χ0n) is 17.4. The summed E-state index contributed by atoms with van der Waals surface area (Å²) in [4.78, 5) is 30.2. The van der Waals surface area contributed by atoms with Gasteiger partial charge < -0.3 is 10.1 Å². The van der Waals surface area contributed by atoms with Gasteiger partial charge in [0.05, 0.1) is 36.8 Å². The maximum absolute atomic E-state index is 12.9. The van der Waals surface area contributed by atoms with E-state index in [0.29, 0.717) is 40.6 Å². The Balaban J connectivity index is 1.43. The number of amides is 1. The van der Waals surface area contributed by atoms with Crippen LogP contribution < -0.4 is 14.8 Å². The Morgan fingerprint density at radius 1 is 1.19 bits per heavy atom. The summed E-state index contributed by atoms with van der Waals surface area (Å²) in [6.45, 7) is 1.98. The third kappa shape index (κ3) is 5.49. The molecule has 0 saturated heterocycles. The number of aromatic nitrogens is 4. The minimum atomic E-state index is -0.363. The third-order valence-electron chi connectivity index (χ3n) is 4.87. The SMILES string of the molecule is CCC(C(=O)Nc1ccc(-c2cncc(OC)n2)cc1)c1ccnc(NSC2CC2)n1. The van der Waals surface area contributed by atoms with E-state index < -0.39 is 0 Å². The number of hydrogen-bond acceptors (Lipinski definition) is 8. The van der Waals surface area contributed by atoms with Crippen LogP contribution in [0, 0.1) is 0 Å². The van der Waals surface area contributed by atoms with Crippen LogP contribution in [-0.2, 0) is 4.79 Å².